The predicted octanol–water partition coefficient (Wildman–Crippen LogP) is -0.216. The zero-order valence-electron chi connectivity index (χ0n) is 10.7. The molecule has 0 aromatic rings. The quantitative estimate of drug-likeness (QED) is 0.439. The molecule has 1 fully saturated rings. The molecule has 0 aliphatic carbocycles. The highest BCUT2D eigenvalue weighted by molar-refractivity contribution is 4.78. The Morgan fingerprint density at radius 2 is 1.33 bits per heavy atom. The first-order valence-electron chi connectivity index (χ1n) is 6.14. The number of nitrogens with zero attached hydrogens (tertiary/aromatic N) is 1. The Bertz CT molecular complexity index is 163. The van der Waals surface area contributed by atoms with Crippen molar-refractivity contribution in [3.63, 3.8) is 0 Å². The van der Waals surface area contributed by atoms with E-state index < -0.39 is 0 Å². The Morgan fingerprint density at radius 3 is 1.53 bits per heavy atom. The van der Waals surface area contributed by atoms with Gasteiger partial charge in [-0.1, -0.05) is 20.8 Å². The molecule has 0 N–H and O–H groups in total. The van der Waals surface area contributed by atoms with Crippen LogP contribution in [0.3, 0.4) is 0 Å². The number of hydrogen-bond acceptors (Lipinski definition) is 1. The molecule has 2 nitrogen and oxygen atoms in total. The van der Waals surface area contributed by atoms with Crippen molar-refractivity contribution in [1.29, 1.82) is 0 Å². The third kappa shape index (κ3) is 3.08. The minimum absolute atomic E-state index is 0. The number of halogens is 1. The van der Waals surface area contributed by atoms with Gasteiger partial charge in [0.1, 0.15) is 6.61 Å². The van der Waals surface area contributed by atoms with Gasteiger partial charge in [-0.2, -0.15) is 0 Å². The maximum absolute atomic E-state index is 5.69. The average molecular weight is 236 g/mol. The molecule has 0 radical (unpaired) electrons. The van der Waals surface area contributed by atoms with Crippen LogP contribution < -0.4 is 12.4 Å². The van der Waals surface area contributed by atoms with E-state index in [1.54, 1.807) is 0 Å². The standard InChI is InChI=1S/C12H26NO.ClH/c1-5-8-13(9-6-2,10-7-3)12(4)11-14-12;/h5-11H2,1-4H3;1H/q+1;/p-1. The first-order valence-corrected chi connectivity index (χ1v) is 6.14. The molecule has 0 aromatic heterocycles. The van der Waals surface area contributed by atoms with Gasteiger partial charge in [0.15, 0.2) is 0 Å². The molecule has 1 saturated heterocycles. The fourth-order valence-electron chi connectivity index (χ4n) is 2.71. The second kappa shape index (κ2) is 6.07. The van der Waals surface area contributed by atoms with Gasteiger partial charge < -0.3 is 17.1 Å². The topological polar surface area (TPSA) is 12.5 Å². The Morgan fingerprint density at radius 1 is 1.00 bits per heavy atom. The van der Waals surface area contributed by atoms with E-state index >= 15 is 0 Å². The number of quaternary nitrogens is 1. The van der Waals surface area contributed by atoms with Crippen LogP contribution in [0.2, 0.25) is 0 Å². The summed E-state index contributed by atoms with van der Waals surface area (Å²) >= 11 is 0. The SMILES string of the molecule is CCC[N+](CCC)(CCC)C1(C)CO1.[Cl-]. The van der Waals surface area contributed by atoms with Crippen molar-refractivity contribution >= 4 is 0 Å². The Balaban J connectivity index is 0.00000196. The number of rotatable bonds is 7. The van der Waals surface area contributed by atoms with Gasteiger partial charge in [0.25, 0.3) is 0 Å². The van der Waals surface area contributed by atoms with Crippen molar-refractivity contribution in [2.24, 2.45) is 0 Å². The predicted molar refractivity (Wildman–Crippen MR) is 60.1 cm³/mol. The molecule has 0 spiro atoms. The number of epoxide rings is 1. The summed E-state index contributed by atoms with van der Waals surface area (Å²) in [7, 11) is 0. The second-order valence-electron chi connectivity index (χ2n) is 4.78. The van der Waals surface area contributed by atoms with Crippen molar-refractivity contribution in [2.75, 3.05) is 26.2 Å². The third-order valence-corrected chi connectivity index (χ3v) is 3.52. The lowest BCUT2D eigenvalue weighted by Crippen LogP contribution is -3.00. The van der Waals surface area contributed by atoms with Crippen LogP contribution in [0.15, 0.2) is 0 Å². The molecule has 1 rings (SSSR count). The molecule has 1 atom stereocenters. The second-order valence-corrected chi connectivity index (χ2v) is 4.78. The normalized spacial score (nSPS) is 24.8. The lowest BCUT2D eigenvalue weighted by Gasteiger charge is -2.41. The Labute approximate surface area is 101 Å². The molecule has 15 heavy (non-hydrogen) atoms. The number of ether oxygens (including phenoxy) is 1. The average Bonchev–Trinajstić information content (AvgIpc) is 2.86. The van der Waals surface area contributed by atoms with Gasteiger partial charge in [0.05, 0.1) is 19.6 Å². The van der Waals surface area contributed by atoms with Crippen LogP contribution in [-0.4, -0.2) is 36.4 Å². The molecule has 0 saturated carbocycles. The molecule has 3 heteroatoms. The van der Waals surface area contributed by atoms with Gasteiger partial charge in [-0.25, -0.2) is 0 Å². The van der Waals surface area contributed by atoms with E-state index in [-0.39, 0.29) is 18.1 Å². The van der Waals surface area contributed by atoms with Crippen LogP contribution in [0.5, 0.6) is 0 Å². The zero-order chi connectivity index (χ0) is 10.7. The molecule has 1 aliphatic rings. The molecule has 1 unspecified atom stereocenters. The van der Waals surface area contributed by atoms with Gasteiger partial charge in [-0.3, -0.25) is 4.48 Å². The highest BCUT2D eigenvalue weighted by Gasteiger charge is 2.57. The molecular weight excluding hydrogens is 210 g/mol. The van der Waals surface area contributed by atoms with Gasteiger partial charge in [0.2, 0.25) is 5.72 Å². The van der Waals surface area contributed by atoms with Crippen molar-refractivity contribution in [2.45, 2.75) is 52.7 Å². The minimum Gasteiger partial charge on any atom is -1.00 e. The summed E-state index contributed by atoms with van der Waals surface area (Å²) in [6.45, 7) is 13.9. The summed E-state index contributed by atoms with van der Waals surface area (Å²) in [4.78, 5) is 0. The van der Waals surface area contributed by atoms with Crippen LogP contribution in [0.25, 0.3) is 0 Å². The van der Waals surface area contributed by atoms with Crippen LogP contribution in [-0.2, 0) is 4.74 Å². The molecule has 0 bridgehead atoms. The summed E-state index contributed by atoms with van der Waals surface area (Å²) < 4.78 is 6.88. The first-order chi connectivity index (χ1) is 6.64. The largest absolute Gasteiger partial charge is 1.00 e. The monoisotopic (exact) mass is 235 g/mol. The van der Waals surface area contributed by atoms with Crippen molar-refractivity contribution in [1.82, 2.24) is 0 Å². The summed E-state index contributed by atoms with van der Waals surface area (Å²) in [5, 5.41) is 0. The van der Waals surface area contributed by atoms with E-state index in [4.69, 9.17) is 4.74 Å². The molecule has 0 aromatic carbocycles. The van der Waals surface area contributed by atoms with E-state index in [1.807, 2.05) is 0 Å². The first kappa shape index (κ1) is 15.2. The summed E-state index contributed by atoms with van der Waals surface area (Å²) in [6.07, 6.45) is 3.79. The van der Waals surface area contributed by atoms with Gasteiger partial charge in [-0.05, 0) is 19.3 Å². The van der Waals surface area contributed by atoms with Gasteiger partial charge >= 0.3 is 0 Å². The van der Waals surface area contributed by atoms with Crippen LogP contribution in [0.4, 0.5) is 0 Å². The minimum atomic E-state index is 0. The van der Waals surface area contributed by atoms with E-state index in [2.05, 4.69) is 27.7 Å². The van der Waals surface area contributed by atoms with E-state index in [9.17, 15) is 0 Å². The van der Waals surface area contributed by atoms with Crippen molar-refractivity contribution < 1.29 is 21.6 Å². The molecule has 1 aliphatic heterocycles. The summed E-state index contributed by atoms with van der Waals surface area (Å²) in [6, 6.07) is 0. The van der Waals surface area contributed by atoms with E-state index in [0.717, 1.165) is 6.61 Å². The third-order valence-electron chi connectivity index (χ3n) is 3.52. The van der Waals surface area contributed by atoms with Crippen LogP contribution in [0.1, 0.15) is 47.0 Å². The molecule has 0 amide bonds. The van der Waals surface area contributed by atoms with Gasteiger partial charge in [-0.15, -0.1) is 0 Å². The van der Waals surface area contributed by atoms with Gasteiger partial charge in [0, 0.05) is 6.92 Å². The molecule has 92 valence electrons. The fraction of sp³-hybridized carbons (Fsp3) is 1.00. The summed E-state index contributed by atoms with van der Waals surface area (Å²) in [5.74, 6) is 0. The smallest absolute Gasteiger partial charge is 0.224 e. The lowest BCUT2D eigenvalue weighted by molar-refractivity contribution is -0.970. The summed E-state index contributed by atoms with van der Waals surface area (Å²) in [5.41, 5.74) is 0.155. The highest BCUT2D eigenvalue weighted by atomic mass is 35.5. The maximum atomic E-state index is 5.69. The van der Waals surface area contributed by atoms with Crippen LogP contribution in [0, 0.1) is 0 Å². The van der Waals surface area contributed by atoms with Crippen LogP contribution >= 0.6 is 0 Å². The fourth-order valence-corrected chi connectivity index (χ4v) is 2.71. The Hall–Kier alpha value is 0.210. The van der Waals surface area contributed by atoms with Crippen molar-refractivity contribution in [3.8, 4) is 0 Å². The zero-order valence-corrected chi connectivity index (χ0v) is 11.4. The van der Waals surface area contributed by atoms with Crippen molar-refractivity contribution in [3.05, 3.63) is 0 Å². The lowest BCUT2D eigenvalue weighted by atomic mass is 10.1. The maximum Gasteiger partial charge on any atom is 0.224 e. The highest BCUT2D eigenvalue weighted by Crippen LogP contribution is 2.38. The Kier molecular flexibility index (Phi) is 6.16. The van der Waals surface area contributed by atoms with E-state index in [0.29, 0.717) is 0 Å². The number of hydrogen-bond donors (Lipinski definition) is 0. The van der Waals surface area contributed by atoms with E-state index in [1.165, 1.54) is 43.4 Å². The molecular formula is C12H26ClNO. The molecule has 1 heterocycles.